The smallest absolute Gasteiger partial charge is 0.0821 e. The Bertz CT molecular complexity index is 458. The molecule has 0 atom stereocenters. The minimum absolute atomic E-state index is 0.509. The monoisotopic (exact) mass is 354 g/mol. The van der Waals surface area contributed by atoms with Gasteiger partial charge in [0, 0.05) is 30.3 Å². The third kappa shape index (κ3) is 4.70. The van der Waals surface area contributed by atoms with Gasteiger partial charge in [0.1, 0.15) is 0 Å². The Balaban J connectivity index is 2.10. The van der Waals surface area contributed by atoms with Crippen LogP contribution in [0.15, 0.2) is 22.7 Å². The highest BCUT2D eigenvalue weighted by molar-refractivity contribution is 9.10. The molecule has 0 saturated heterocycles. The minimum atomic E-state index is -0.509. The van der Waals surface area contributed by atoms with Crippen molar-refractivity contribution in [3.8, 4) is 0 Å². The molecule has 0 aromatic heterocycles. The van der Waals surface area contributed by atoms with Crippen LogP contribution in [-0.2, 0) is 6.54 Å². The van der Waals surface area contributed by atoms with Crippen LogP contribution in [0.1, 0.15) is 44.6 Å². The first kappa shape index (κ1) is 16.8. The second-order valence-electron chi connectivity index (χ2n) is 6.24. The molecule has 1 aromatic carbocycles. The van der Waals surface area contributed by atoms with E-state index in [0.29, 0.717) is 6.54 Å². The van der Waals surface area contributed by atoms with Gasteiger partial charge in [-0.2, -0.15) is 0 Å². The number of aliphatic hydroxyl groups is 1. The van der Waals surface area contributed by atoms with E-state index < -0.39 is 5.60 Å². The molecule has 1 aromatic rings. The van der Waals surface area contributed by atoms with Gasteiger partial charge in [0.05, 0.1) is 5.60 Å². The van der Waals surface area contributed by atoms with E-state index >= 15 is 0 Å². The summed E-state index contributed by atoms with van der Waals surface area (Å²) in [5, 5.41) is 14.1. The molecular formula is C17H27BrN2O. The van der Waals surface area contributed by atoms with Gasteiger partial charge in [-0.25, -0.2) is 0 Å². The Labute approximate surface area is 136 Å². The molecule has 1 aliphatic rings. The molecule has 0 unspecified atom stereocenters. The van der Waals surface area contributed by atoms with E-state index in [1.807, 2.05) is 0 Å². The van der Waals surface area contributed by atoms with Crippen molar-refractivity contribution in [2.24, 2.45) is 0 Å². The van der Waals surface area contributed by atoms with Gasteiger partial charge in [-0.1, -0.05) is 41.8 Å². The zero-order chi connectivity index (χ0) is 15.3. The van der Waals surface area contributed by atoms with Gasteiger partial charge in [0.15, 0.2) is 0 Å². The summed E-state index contributed by atoms with van der Waals surface area (Å²) in [6.07, 6.45) is 5.28. The lowest BCUT2D eigenvalue weighted by molar-refractivity contribution is 0.0559. The zero-order valence-corrected chi connectivity index (χ0v) is 14.7. The van der Waals surface area contributed by atoms with Crippen LogP contribution in [0.25, 0.3) is 0 Å². The molecule has 3 nitrogen and oxygen atoms in total. The highest BCUT2D eigenvalue weighted by Crippen LogP contribution is 2.32. The molecule has 2 rings (SSSR count). The van der Waals surface area contributed by atoms with Gasteiger partial charge in [0.25, 0.3) is 0 Å². The highest BCUT2D eigenvalue weighted by atomic mass is 79.9. The maximum Gasteiger partial charge on any atom is 0.0821 e. The molecule has 21 heavy (non-hydrogen) atoms. The number of halogens is 1. The van der Waals surface area contributed by atoms with Crippen molar-refractivity contribution in [3.05, 3.63) is 28.2 Å². The molecule has 1 saturated carbocycles. The predicted octanol–water partition coefficient (Wildman–Crippen LogP) is 3.69. The van der Waals surface area contributed by atoms with Crippen molar-refractivity contribution in [1.82, 2.24) is 5.32 Å². The second kappa shape index (κ2) is 7.61. The van der Waals surface area contributed by atoms with Crippen LogP contribution in [0, 0.1) is 0 Å². The Morgan fingerprint density at radius 1 is 1.33 bits per heavy atom. The minimum Gasteiger partial charge on any atom is -0.388 e. The van der Waals surface area contributed by atoms with Gasteiger partial charge in [0.2, 0.25) is 0 Å². The molecule has 2 N–H and O–H groups in total. The third-order valence-electron chi connectivity index (χ3n) is 4.27. The molecule has 0 heterocycles. The molecule has 1 aliphatic carbocycles. The van der Waals surface area contributed by atoms with Gasteiger partial charge in [-0.3, -0.25) is 0 Å². The molecule has 0 amide bonds. The van der Waals surface area contributed by atoms with E-state index in [4.69, 9.17) is 0 Å². The second-order valence-corrected chi connectivity index (χ2v) is 7.15. The summed E-state index contributed by atoms with van der Waals surface area (Å²) in [4.78, 5) is 2.21. The molecule has 1 fully saturated rings. The average molecular weight is 355 g/mol. The fraction of sp³-hybridized carbons (Fsp3) is 0.647. The molecule has 118 valence electrons. The first-order valence-electron chi connectivity index (χ1n) is 7.97. The van der Waals surface area contributed by atoms with E-state index in [1.165, 1.54) is 11.3 Å². The van der Waals surface area contributed by atoms with Gasteiger partial charge in [-0.05, 0) is 43.5 Å². The quantitative estimate of drug-likeness (QED) is 0.733. The molecule has 0 radical (unpaired) electrons. The first-order chi connectivity index (χ1) is 10.0. The van der Waals surface area contributed by atoms with Crippen molar-refractivity contribution >= 4 is 21.6 Å². The Hall–Kier alpha value is -0.580. The number of rotatable bonds is 7. The van der Waals surface area contributed by atoms with Crippen LogP contribution < -0.4 is 10.2 Å². The van der Waals surface area contributed by atoms with Crippen molar-refractivity contribution in [3.63, 3.8) is 0 Å². The van der Waals surface area contributed by atoms with E-state index in [9.17, 15) is 5.11 Å². The molecule has 0 spiro atoms. The summed E-state index contributed by atoms with van der Waals surface area (Å²) < 4.78 is 1.09. The number of anilines is 1. The molecule has 4 heteroatoms. The first-order valence-corrected chi connectivity index (χ1v) is 8.76. The van der Waals surface area contributed by atoms with Gasteiger partial charge in [-0.15, -0.1) is 0 Å². The topological polar surface area (TPSA) is 35.5 Å². The van der Waals surface area contributed by atoms with E-state index in [-0.39, 0.29) is 0 Å². The Kier molecular flexibility index (Phi) is 6.08. The van der Waals surface area contributed by atoms with Crippen LogP contribution in [0.5, 0.6) is 0 Å². The fourth-order valence-corrected chi connectivity index (χ4v) is 3.51. The van der Waals surface area contributed by atoms with Gasteiger partial charge >= 0.3 is 0 Å². The summed E-state index contributed by atoms with van der Waals surface area (Å²) in [5.74, 6) is 0. The lowest BCUT2D eigenvalue weighted by Crippen LogP contribution is -2.39. The molecule has 0 bridgehead atoms. The van der Waals surface area contributed by atoms with Crippen LogP contribution in [0.3, 0.4) is 0 Å². The summed E-state index contributed by atoms with van der Waals surface area (Å²) in [6.45, 7) is 4.80. The lowest BCUT2D eigenvalue weighted by atomic mass is 10.0. The Morgan fingerprint density at radius 3 is 2.71 bits per heavy atom. The number of nitrogens with one attached hydrogen (secondary N) is 1. The van der Waals surface area contributed by atoms with Crippen LogP contribution >= 0.6 is 15.9 Å². The number of nitrogens with zero attached hydrogens (tertiary/aromatic N) is 1. The van der Waals surface area contributed by atoms with Crippen molar-refractivity contribution in [2.45, 2.75) is 51.2 Å². The van der Waals surface area contributed by atoms with Crippen LogP contribution in [0.2, 0.25) is 0 Å². The van der Waals surface area contributed by atoms with Crippen LogP contribution in [0.4, 0.5) is 5.69 Å². The average Bonchev–Trinajstić information content (AvgIpc) is 2.87. The van der Waals surface area contributed by atoms with E-state index in [1.54, 1.807) is 0 Å². The van der Waals surface area contributed by atoms with E-state index in [0.717, 1.165) is 49.7 Å². The van der Waals surface area contributed by atoms with Crippen molar-refractivity contribution in [2.75, 3.05) is 25.0 Å². The lowest BCUT2D eigenvalue weighted by Gasteiger charge is -2.31. The standard InChI is InChI=1S/C17H27BrN2O/c1-3-10-19-12-14-6-7-15(18)11-16(14)20(2)13-17(21)8-4-5-9-17/h6-7,11,19,21H,3-5,8-10,12-13H2,1-2H3. The zero-order valence-electron chi connectivity index (χ0n) is 13.2. The molecule has 0 aliphatic heterocycles. The SMILES string of the molecule is CCCNCc1ccc(Br)cc1N(C)CC1(O)CCCC1. The van der Waals surface area contributed by atoms with Crippen LogP contribution in [-0.4, -0.2) is 30.8 Å². The third-order valence-corrected chi connectivity index (χ3v) is 4.76. The predicted molar refractivity (Wildman–Crippen MR) is 92.8 cm³/mol. The maximum absolute atomic E-state index is 10.6. The largest absolute Gasteiger partial charge is 0.388 e. The Morgan fingerprint density at radius 2 is 2.05 bits per heavy atom. The normalized spacial score (nSPS) is 17.1. The number of hydrogen-bond donors (Lipinski definition) is 2. The fourth-order valence-electron chi connectivity index (χ4n) is 3.16. The number of likely N-dealkylation sites (N-methyl/N-ethyl adjacent to an activating group) is 1. The summed E-state index contributed by atoms with van der Waals surface area (Å²) >= 11 is 3.56. The number of hydrogen-bond acceptors (Lipinski definition) is 3. The van der Waals surface area contributed by atoms with Crippen molar-refractivity contribution in [1.29, 1.82) is 0 Å². The summed E-state index contributed by atoms with van der Waals surface area (Å²) in [7, 11) is 2.08. The summed E-state index contributed by atoms with van der Waals surface area (Å²) in [6, 6.07) is 6.41. The van der Waals surface area contributed by atoms with Crippen molar-refractivity contribution < 1.29 is 5.11 Å². The maximum atomic E-state index is 10.6. The van der Waals surface area contributed by atoms with Gasteiger partial charge < -0.3 is 15.3 Å². The molecular weight excluding hydrogens is 328 g/mol. The highest BCUT2D eigenvalue weighted by Gasteiger charge is 2.32. The van der Waals surface area contributed by atoms with E-state index in [2.05, 4.69) is 58.3 Å². The summed E-state index contributed by atoms with van der Waals surface area (Å²) in [5.41, 5.74) is 1.98. The number of benzene rings is 1.